The second kappa shape index (κ2) is 7.41. The second-order valence-electron chi connectivity index (χ2n) is 3.53. The van der Waals surface area contributed by atoms with E-state index in [1.165, 1.54) is 0 Å². The molecule has 1 aromatic rings. The molecule has 0 fully saturated rings. The Morgan fingerprint density at radius 2 is 1.94 bits per heavy atom. The summed E-state index contributed by atoms with van der Waals surface area (Å²) >= 11 is 3.35. The van der Waals surface area contributed by atoms with Crippen molar-refractivity contribution in [2.24, 2.45) is 5.73 Å². The predicted octanol–water partition coefficient (Wildman–Crippen LogP) is 2.62. The van der Waals surface area contributed by atoms with Gasteiger partial charge in [0.05, 0.1) is 0 Å². The van der Waals surface area contributed by atoms with Gasteiger partial charge in [0, 0.05) is 10.9 Å². The summed E-state index contributed by atoms with van der Waals surface area (Å²) in [6.45, 7) is 0.967. The fourth-order valence-corrected chi connectivity index (χ4v) is 1.49. The van der Waals surface area contributed by atoms with Crippen molar-refractivity contribution < 1.29 is 9.53 Å². The lowest BCUT2D eigenvalue weighted by Gasteiger charge is -2.04. The molecule has 1 aromatic carbocycles. The van der Waals surface area contributed by atoms with E-state index in [0.29, 0.717) is 19.6 Å². The molecule has 0 atom stereocenters. The van der Waals surface area contributed by atoms with Crippen LogP contribution in [0, 0.1) is 0 Å². The maximum atomic E-state index is 11.3. The van der Waals surface area contributed by atoms with Crippen LogP contribution in [-0.2, 0) is 16.1 Å². The molecule has 0 amide bonds. The Balaban J connectivity index is 2.23. The Labute approximate surface area is 104 Å². The number of rotatable bonds is 6. The van der Waals surface area contributed by atoms with Crippen molar-refractivity contribution in [3.8, 4) is 0 Å². The number of carbonyl (C=O) groups is 1. The number of nitrogens with two attached hydrogens (primary N) is 1. The molecule has 2 N–H and O–H groups in total. The highest BCUT2D eigenvalue weighted by atomic mass is 79.9. The lowest BCUT2D eigenvalue weighted by Crippen LogP contribution is -2.06. The van der Waals surface area contributed by atoms with Gasteiger partial charge in [-0.25, -0.2) is 0 Å². The van der Waals surface area contributed by atoms with E-state index < -0.39 is 0 Å². The summed E-state index contributed by atoms with van der Waals surface area (Å²) in [5.41, 5.74) is 6.33. The minimum atomic E-state index is -0.156. The summed E-state index contributed by atoms with van der Waals surface area (Å²) in [4.78, 5) is 11.3. The number of esters is 1. The van der Waals surface area contributed by atoms with Gasteiger partial charge in [0.15, 0.2) is 0 Å². The smallest absolute Gasteiger partial charge is 0.306 e. The number of hydrogen-bond acceptors (Lipinski definition) is 3. The van der Waals surface area contributed by atoms with Crippen LogP contribution < -0.4 is 5.73 Å². The average Bonchev–Trinajstić information content (AvgIpc) is 2.29. The maximum absolute atomic E-state index is 11.3. The molecule has 0 spiro atoms. The standard InChI is InChI=1S/C12H16BrNO2/c13-11-6-4-10(5-7-11)9-16-12(15)3-1-2-8-14/h4-7H,1-3,8-9,14H2. The summed E-state index contributed by atoms with van der Waals surface area (Å²) in [7, 11) is 0. The van der Waals surface area contributed by atoms with Gasteiger partial charge in [-0.1, -0.05) is 28.1 Å². The first-order valence-corrected chi connectivity index (χ1v) is 6.12. The Hall–Kier alpha value is -0.870. The minimum absolute atomic E-state index is 0.156. The van der Waals surface area contributed by atoms with Gasteiger partial charge >= 0.3 is 5.97 Å². The van der Waals surface area contributed by atoms with Gasteiger partial charge in [-0.3, -0.25) is 4.79 Å². The van der Waals surface area contributed by atoms with E-state index in [1.807, 2.05) is 24.3 Å². The molecule has 0 bridgehead atoms. The van der Waals surface area contributed by atoms with Crippen molar-refractivity contribution in [2.45, 2.75) is 25.9 Å². The second-order valence-corrected chi connectivity index (χ2v) is 4.45. The van der Waals surface area contributed by atoms with Crippen LogP contribution in [0.5, 0.6) is 0 Å². The van der Waals surface area contributed by atoms with E-state index in [0.717, 1.165) is 22.9 Å². The monoisotopic (exact) mass is 285 g/mol. The van der Waals surface area contributed by atoms with Crippen LogP contribution in [0.2, 0.25) is 0 Å². The molecule has 0 saturated heterocycles. The summed E-state index contributed by atoms with van der Waals surface area (Å²) in [6, 6.07) is 7.71. The molecule has 4 heteroatoms. The molecule has 0 saturated carbocycles. The molecule has 88 valence electrons. The van der Waals surface area contributed by atoms with E-state index in [4.69, 9.17) is 10.5 Å². The Bertz CT molecular complexity index is 324. The van der Waals surface area contributed by atoms with E-state index in [1.54, 1.807) is 0 Å². The van der Waals surface area contributed by atoms with E-state index in [-0.39, 0.29) is 5.97 Å². The highest BCUT2D eigenvalue weighted by Crippen LogP contribution is 2.11. The quantitative estimate of drug-likeness (QED) is 0.646. The van der Waals surface area contributed by atoms with Crippen LogP contribution in [0.15, 0.2) is 28.7 Å². The summed E-state index contributed by atoms with van der Waals surface area (Å²) in [5.74, 6) is -0.156. The van der Waals surface area contributed by atoms with Gasteiger partial charge in [-0.2, -0.15) is 0 Å². The van der Waals surface area contributed by atoms with E-state index in [9.17, 15) is 4.79 Å². The van der Waals surface area contributed by atoms with Crippen LogP contribution >= 0.6 is 15.9 Å². The van der Waals surface area contributed by atoms with Crippen molar-refractivity contribution in [3.05, 3.63) is 34.3 Å². The number of halogens is 1. The van der Waals surface area contributed by atoms with Crippen molar-refractivity contribution in [2.75, 3.05) is 6.54 Å². The van der Waals surface area contributed by atoms with Crippen LogP contribution in [0.3, 0.4) is 0 Å². The molecule has 3 nitrogen and oxygen atoms in total. The number of carbonyl (C=O) groups excluding carboxylic acids is 1. The highest BCUT2D eigenvalue weighted by molar-refractivity contribution is 9.10. The predicted molar refractivity (Wildman–Crippen MR) is 66.8 cm³/mol. The zero-order chi connectivity index (χ0) is 11.8. The summed E-state index contributed by atoms with van der Waals surface area (Å²) in [6.07, 6.45) is 2.12. The average molecular weight is 286 g/mol. The molecule has 1 rings (SSSR count). The summed E-state index contributed by atoms with van der Waals surface area (Å²) < 4.78 is 6.14. The van der Waals surface area contributed by atoms with Crippen molar-refractivity contribution >= 4 is 21.9 Å². The topological polar surface area (TPSA) is 52.3 Å². The lowest BCUT2D eigenvalue weighted by molar-refractivity contribution is -0.145. The first-order chi connectivity index (χ1) is 7.72. The van der Waals surface area contributed by atoms with E-state index in [2.05, 4.69) is 15.9 Å². The minimum Gasteiger partial charge on any atom is -0.461 e. The molecule has 0 radical (unpaired) electrons. The van der Waals surface area contributed by atoms with Crippen LogP contribution in [0.1, 0.15) is 24.8 Å². The molecule has 0 aliphatic carbocycles. The number of benzene rings is 1. The fraction of sp³-hybridized carbons (Fsp3) is 0.417. The fourth-order valence-electron chi connectivity index (χ4n) is 1.23. The third-order valence-corrected chi connectivity index (χ3v) is 2.68. The summed E-state index contributed by atoms with van der Waals surface area (Å²) in [5, 5.41) is 0. The third kappa shape index (κ3) is 5.28. The van der Waals surface area contributed by atoms with Crippen molar-refractivity contribution in [1.29, 1.82) is 0 Å². The molecular formula is C12H16BrNO2. The number of unbranched alkanes of at least 4 members (excludes halogenated alkanes) is 1. The molecule has 16 heavy (non-hydrogen) atoms. The normalized spacial score (nSPS) is 10.1. The lowest BCUT2D eigenvalue weighted by atomic mass is 10.2. The van der Waals surface area contributed by atoms with Crippen molar-refractivity contribution in [1.82, 2.24) is 0 Å². The number of ether oxygens (including phenoxy) is 1. The first kappa shape index (κ1) is 13.2. The maximum Gasteiger partial charge on any atom is 0.306 e. The van der Waals surface area contributed by atoms with Gasteiger partial charge in [0.2, 0.25) is 0 Å². The Morgan fingerprint density at radius 1 is 1.25 bits per heavy atom. The molecule has 0 unspecified atom stereocenters. The largest absolute Gasteiger partial charge is 0.461 e. The van der Waals surface area contributed by atoms with Gasteiger partial charge in [-0.15, -0.1) is 0 Å². The highest BCUT2D eigenvalue weighted by Gasteiger charge is 2.02. The molecule has 0 heterocycles. The van der Waals surface area contributed by atoms with Gasteiger partial charge in [-0.05, 0) is 37.1 Å². The van der Waals surface area contributed by atoms with Gasteiger partial charge in [0.25, 0.3) is 0 Å². The SMILES string of the molecule is NCCCCC(=O)OCc1ccc(Br)cc1. The zero-order valence-electron chi connectivity index (χ0n) is 9.12. The van der Waals surface area contributed by atoms with Gasteiger partial charge < -0.3 is 10.5 Å². The van der Waals surface area contributed by atoms with Crippen LogP contribution in [-0.4, -0.2) is 12.5 Å². The van der Waals surface area contributed by atoms with Crippen molar-refractivity contribution in [3.63, 3.8) is 0 Å². The first-order valence-electron chi connectivity index (χ1n) is 5.32. The van der Waals surface area contributed by atoms with Crippen LogP contribution in [0.25, 0.3) is 0 Å². The Morgan fingerprint density at radius 3 is 2.56 bits per heavy atom. The number of hydrogen-bond donors (Lipinski definition) is 1. The van der Waals surface area contributed by atoms with E-state index >= 15 is 0 Å². The third-order valence-electron chi connectivity index (χ3n) is 2.15. The molecular weight excluding hydrogens is 270 g/mol. The van der Waals surface area contributed by atoms with Gasteiger partial charge in [0.1, 0.15) is 6.61 Å². The molecule has 0 aliphatic rings. The zero-order valence-corrected chi connectivity index (χ0v) is 10.7. The molecule has 0 aromatic heterocycles. The Kier molecular flexibility index (Phi) is 6.11. The molecule has 0 aliphatic heterocycles. The van der Waals surface area contributed by atoms with Crippen LogP contribution in [0.4, 0.5) is 0 Å².